The van der Waals surface area contributed by atoms with Crippen LogP contribution in [-0.4, -0.2) is 34.0 Å². The fourth-order valence-corrected chi connectivity index (χ4v) is 4.03. The third-order valence-corrected chi connectivity index (χ3v) is 5.04. The van der Waals surface area contributed by atoms with Gasteiger partial charge in [0.15, 0.2) is 0 Å². The average Bonchev–Trinajstić information content (AvgIpc) is 2.78. The maximum Gasteiger partial charge on any atom is 0.330 e. The Labute approximate surface area is 128 Å². The van der Waals surface area contributed by atoms with Crippen LogP contribution in [0.25, 0.3) is 0 Å². The van der Waals surface area contributed by atoms with E-state index in [-0.39, 0.29) is 0 Å². The van der Waals surface area contributed by atoms with Crippen LogP contribution in [0.2, 0.25) is 5.02 Å². The molecule has 1 aromatic rings. The third-order valence-electron chi connectivity index (χ3n) is 2.96. The molecule has 1 aromatic carbocycles. The Bertz CT molecular complexity index is 532. The molecule has 2 N–H and O–H groups in total. The molecule has 2 rings (SSSR count). The van der Waals surface area contributed by atoms with Crippen LogP contribution in [0.3, 0.4) is 0 Å². The lowest BCUT2D eigenvalue weighted by Crippen LogP contribution is -2.54. The predicted molar refractivity (Wildman–Crippen MR) is 78.9 cm³/mol. The average molecular weight is 365 g/mol. The molecule has 1 fully saturated rings. The molecule has 0 aliphatic carbocycles. The van der Waals surface area contributed by atoms with Crippen molar-refractivity contribution in [1.82, 2.24) is 5.32 Å². The lowest BCUT2D eigenvalue weighted by Gasteiger charge is -2.24. The van der Waals surface area contributed by atoms with Gasteiger partial charge in [-0.05, 0) is 46.3 Å². The fraction of sp³-hybridized carbons (Fsp3) is 0.333. The van der Waals surface area contributed by atoms with E-state index in [1.54, 1.807) is 18.2 Å². The van der Waals surface area contributed by atoms with Gasteiger partial charge in [-0.25, -0.2) is 4.79 Å². The molecular weight excluding hydrogens is 354 g/mol. The van der Waals surface area contributed by atoms with Gasteiger partial charge in [0.25, 0.3) is 5.91 Å². The number of halogens is 2. The topological polar surface area (TPSA) is 66.4 Å². The number of carbonyl (C=O) groups is 2. The molecule has 1 unspecified atom stereocenters. The molecule has 1 aliphatic rings. The second-order valence-electron chi connectivity index (χ2n) is 4.27. The summed E-state index contributed by atoms with van der Waals surface area (Å²) in [5.74, 6) is -0.280. The Kier molecular flexibility index (Phi) is 4.43. The SMILES string of the molecule is O=C(NC1(C(=O)O)CCSC1)c1ccc(Cl)cc1Br. The lowest BCUT2D eigenvalue weighted by atomic mass is 9.98. The van der Waals surface area contributed by atoms with Gasteiger partial charge < -0.3 is 10.4 Å². The summed E-state index contributed by atoms with van der Waals surface area (Å²) < 4.78 is 0.545. The van der Waals surface area contributed by atoms with Gasteiger partial charge in [0.1, 0.15) is 5.54 Å². The summed E-state index contributed by atoms with van der Waals surface area (Å²) >= 11 is 10.6. The lowest BCUT2D eigenvalue weighted by molar-refractivity contribution is -0.143. The van der Waals surface area contributed by atoms with Gasteiger partial charge in [0.2, 0.25) is 0 Å². The van der Waals surface area contributed by atoms with Crippen LogP contribution < -0.4 is 5.32 Å². The highest BCUT2D eigenvalue weighted by Gasteiger charge is 2.43. The predicted octanol–water partition coefficient (Wildman–Crippen LogP) is 2.79. The first-order chi connectivity index (χ1) is 8.94. The number of hydrogen-bond donors (Lipinski definition) is 2. The molecule has 102 valence electrons. The zero-order valence-electron chi connectivity index (χ0n) is 9.78. The van der Waals surface area contributed by atoms with Crippen molar-refractivity contribution < 1.29 is 14.7 Å². The highest BCUT2D eigenvalue weighted by Crippen LogP contribution is 2.29. The monoisotopic (exact) mass is 363 g/mol. The van der Waals surface area contributed by atoms with E-state index < -0.39 is 17.4 Å². The van der Waals surface area contributed by atoms with E-state index >= 15 is 0 Å². The summed E-state index contributed by atoms with van der Waals surface area (Å²) in [5, 5.41) is 12.5. The molecule has 4 nitrogen and oxygen atoms in total. The summed E-state index contributed by atoms with van der Waals surface area (Å²) in [6, 6.07) is 4.77. The normalized spacial score (nSPS) is 22.2. The number of aliphatic carboxylic acids is 1. The van der Waals surface area contributed by atoms with Crippen molar-refractivity contribution >= 4 is 51.2 Å². The summed E-state index contributed by atoms with van der Waals surface area (Å²) in [5.41, 5.74) is -0.789. The van der Waals surface area contributed by atoms with Gasteiger partial charge in [0, 0.05) is 15.2 Å². The van der Waals surface area contributed by atoms with E-state index in [0.29, 0.717) is 27.2 Å². The molecule has 0 bridgehead atoms. The van der Waals surface area contributed by atoms with Crippen molar-refractivity contribution in [2.75, 3.05) is 11.5 Å². The highest BCUT2D eigenvalue weighted by molar-refractivity contribution is 9.10. The molecule has 1 aliphatic heterocycles. The first-order valence-corrected chi connectivity index (χ1v) is 7.86. The largest absolute Gasteiger partial charge is 0.479 e. The van der Waals surface area contributed by atoms with Crippen molar-refractivity contribution in [1.29, 1.82) is 0 Å². The first kappa shape index (κ1) is 14.7. The Morgan fingerprint density at radius 2 is 2.21 bits per heavy atom. The number of benzene rings is 1. The zero-order chi connectivity index (χ0) is 14.0. The van der Waals surface area contributed by atoms with Gasteiger partial charge in [-0.2, -0.15) is 11.8 Å². The summed E-state index contributed by atoms with van der Waals surface area (Å²) in [6.45, 7) is 0. The molecule has 19 heavy (non-hydrogen) atoms. The fourth-order valence-electron chi connectivity index (χ4n) is 1.84. The van der Waals surface area contributed by atoms with Crippen LogP contribution in [0.1, 0.15) is 16.8 Å². The van der Waals surface area contributed by atoms with Crippen molar-refractivity contribution in [2.45, 2.75) is 12.0 Å². The summed E-state index contributed by atoms with van der Waals surface area (Å²) in [4.78, 5) is 23.6. The molecule has 1 atom stereocenters. The number of amides is 1. The number of hydrogen-bond acceptors (Lipinski definition) is 3. The van der Waals surface area contributed by atoms with E-state index in [1.807, 2.05) is 0 Å². The van der Waals surface area contributed by atoms with E-state index in [2.05, 4.69) is 21.2 Å². The Morgan fingerprint density at radius 3 is 2.74 bits per heavy atom. The maximum atomic E-state index is 12.2. The van der Waals surface area contributed by atoms with Crippen LogP contribution >= 0.6 is 39.3 Å². The van der Waals surface area contributed by atoms with E-state index in [1.165, 1.54) is 11.8 Å². The summed E-state index contributed by atoms with van der Waals surface area (Å²) in [7, 11) is 0. The second-order valence-corrected chi connectivity index (χ2v) is 6.66. The smallest absolute Gasteiger partial charge is 0.330 e. The minimum Gasteiger partial charge on any atom is -0.479 e. The summed E-state index contributed by atoms with van der Waals surface area (Å²) in [6.07, 6.45) is 0.434. The van der Waals surface area contributed by atoms with Crippen LogP contribution in [0.15, 0.2) is 22.7 Å². The van der Waals surface area contributed by atoms with Gasteiger partial charge in [-0.1, -0.05) is 11.6 Å². The molecule has 0 spiro atoms. The van der Waals surface area contributed by atoms with Crippen LogP contribution in [-0.2, 0) is 4.79 Å². The molecule has 7 heteroatoms. The number of carbonyl (C=O) groups excluding carboxylic acids is 1. The van der Waals surface area contributed by atoms with E-state index in [0.717, 1.165) is 5.75 Å². The number of rotatable bonds is 3. The molecular formula is C12H11BrClNO3S. The van der Waals surface area contributed by atoms with Crippen molar-refractivity contribution in [3.8, 4) is 0 Å². The van der Waals surface area contributed by atoms with E-state index in [9.17, 15) is 14.7 Å². The Balaban J connectivity index is 2.22. The molecule has 1 heterocycles. The van der Waals surface area contributed by atoms with Crippen molar-refractivity contribution in [3.05, 3.63) is 33.3 Å². The van der Waals surface area contributed by atoms with Crippen LogP contribution in [0, 0.1) is 0 Å². The number of carboxylic acids is 1. The minimum absolute atomic E-state index is 0.377. The third kappa shape index (κ3) is 3.07. The Morgan fingerprint density at radius 1 is 1.47 bits per heavy atom. The quantitative estimate of drug-likeness (QED) is 0.865. The molecule has 0 aromatic heterocycles. The van der Waals surface area contributed by atoms with Crippen molar-refractivity contribution in [3.63, 3.8) is 0 Å². The standard InChI is InChI=1S/C12H11BrClNO3S/c13-9-5-7(14)1-2-8(9)10(16)15-12(11(17)18)3-4-19-6-12/h1-2,5H,3-4,6H2,(H,15,16)(H,17,18). The van der Waals surface area contributed by atoms with E-state index in [4.69, 9.17) is 11.6 Å². The second kappa shape index (κ2) is 5.73. The van der Waals surface area contributed by atoms with Gasteiger partial charge in [-0.3, -0.25) is 4.79 Å². The Hall–Kier alpha value is -0.720. The molecule has 1 amide bonds. The van der Waals surface area contributed by atoms with Gasteiger partial charge in [0.05, 0.1) is 5.56 Å². The number of thioether (sulfide) groups is 1. The zero-order valence-corrected chi connectivity index (χ0v) is 12.9. The molecule has 0 saturated carbocycles. The van der Waals surface area contributed by atoms with Crippen molar-refractivity contribution in [2.24, 2.45) is 0 Å². The first-order valence-electron chi connectivity index (χ1n) is 5.53. The minimum atomic E-state index is -1.17. The van der Waals surface area contributed by atoms with Gasteiger partial charge >= 0.3 is 5.97 Å². The number of carboxylic acid groups (broad SMARTS) is 1. The maximum absolute atomic E-state index is 12.2. The highest BCUT2D eigenvalue weighted by atomic mass is 79.9. The number of nitrogens with one attached hydrogen (secondary N) is 1. The van der Waals surface area contributed by atoms with Crippen LogP contribution in [0.4, 0.5) is 0 Å². The van der Waals surface area contributed by atoms with Gasteiger partial charge in [-0.15, -0.1) is 0 Å². The van der Waals surface area contributed by atoms with Crippen LogP contribution in [0.5, 0.6) is 0 Å². The molecule has 1 saturated heterocycles. The molecule has 0 radical (unpaired) electrons.